The van der Waals surface area contributed by atoms with Gasteiger partial charge >= 0.3 is 5.00 Å². The van der Waals surface area contributed by atoms with Gasteiger partial charge in [-0.3, -0.25) is 10.1 Å². The van der Waals surface area contributed by atoms with Gasteiger partial charge in [-0.15, -0.1) is 0 Å². The molecule has 2 N–H and O–H groups in total. The molecule has 1 aliphatic heterocycles. The normalized spacial score (nSPS) is 24.6. The molecule has 0 bridgehead atoms. The summed E-state index contributed by atoms with van der Waals surface area (Å²) in [6.07, 6.45) is 0.537. The Balaban J connectivity index is 2.14. The van der Waals surface area contributed by atoms with Crippen molar-refractivity contribution in [2.75, 3.05) is 11.5 Å². The van der Waals surface area contributed by atoms with Crippen LogP contribution in [0.5, 0.6) is 0 Å². The molecule has 94 valence electrons. The van der Waals surface area contributed by atoms with Crippen LogP contribution in [0.25, 0.3) is 0 Å². The minimum Gasteiger partial charge on any atom is -0.323 e. The van der Waals surface area contributed by atoms with E-state index in [9.17, 15) is 18.5 Å². The predicted octanol–water partition coefficient (Wildman–Crippen LogP) is 1.09. The number of sulfone groups is 1. The molecule has 2 unspecified atom stereocenters. The van der Waals surface area contributed by atoms with E-state index in [4.69, 9.17) is 5.73 Å². The van der Waals surface area contributed by atoms with Gasteiger partial charge in [0.25, 0.3) is 0 Å². The van der Waals surface area contributed by atoms with E-state index in [1.165, 1.54) is 6.07 Å². The van der Waals surface area contributed by atoms with Crippen molar-refractivity contribution >= 4 is 26.2 Å². The first-order valence-corrected chi connectivity index (χ1v) is 7.73. The average molecular weight is 276 g/mol. The minimum absolute atomic E-state index is 0.0382. The molecule has 1 aromatic rings. The number of nitro groups is 1. The molecule has 0 aliphatic carbocycles. The third kappa shape index (κ3) is 2.64. The molecular weight excluding hydrogens is 264 g/mol. The number of thiophene rings is 1. The van der Waals surface area contributed by atoms with E-state index in [1.807, 2.05) is 0 Å². The molecule has 0 spiro atoms. The Morgan fingerprint density at radius 2 is 2.24 bits per heavy atom. The first-order valence-electron chi connectivity index (χ1n) is 5.09. The van der Waals surface area contributed by atoms with Crippen LogP contribution < -0.4 is 5.73 Å². The highest BCUT2D eigenvalue weighted by Crippen LogP contribution is 2.35. The molecule has 0 radical (unpaired) electrons. The maximum absolute atomic E-state index is 11.3. The van der Waals surface area contributed by atoms with Crippen molar-refractivity contribution in [1.82, 2.24) is 0 Å². The van der Waals surface area contributed by atoms with Gasteiger partial charge in [-0.2, -0.15) is 0 Å². The lowest BCUT2D eigenvalue weighted by molar-refractivity contribution is -0.380. The van der Waals surface area contributed by atoms with Crippen LogP contribution in [0.1, 0.15) is 17.3 Å². The highest BCUT2D eigenvalue weighted by atomic mass is 32.2. The Morgan fingerprint density at radius 3 is 2.71 bits per heavy atom. The van der Waals surface area contributed by atoms with E-state index >= 15 is 0 Å². The van der Waals surface area contributed by atoms with E-state index in [-0.39, 0.29) is 22.4 Å². The van der Waals surface area contributed by atoms with Gasteiger partial charge in [0, 0.05) is 17.0 Å². The molecule has 0 aromatic carbocycles. The largest absolute Gasteiger partial charge is 0.324 e. The standard InChI is InChI=1S/C9H12N2O4S2/c10-9(6-3-4-17(14,15)5-6)7-1-2-8(16-7)11(12)13/h1-2,6,9H,3-5,10H2. The van der Waals surface area contributed by atoms with E-state index in [0.717, 1.165) is 11.3 Å². The van der Waals surface area contributed by atoms with Crippen LogP contribution in [0.2, 0.25) is 0 Å². The molecular formula is C9H12N2O4S2. The van der Waals surface area contributed by atoms with Crippen molar-refractivity contribution in [2.24, 2.45) is 11.7 Å². The van der Waals surface area contributed by atoms with Gasteiger partial charge in [0.1, 0.15) is 0 Å². The number of nitrogens with zero attached hydrogens (tertiary/aromatic N) is 1. The third-order valence-electron chi connectivity index (χ3n) is 2.90. The van der Waals surface area contributed by atoms with E-state index in [0.29, 0.717) is 11.3 Å². The fraction of sp³-hybridized carbons (Fsp3) is 0.556. The number of nitrogens with two attached hydrogens (primary N) is 1. The van der Waals surface area contributed by atoms with E-state index < -0.39 is 20.8 Å². The van der Waals surface area contributed by atoms with Gasteiger partial charge in [0.2, 0.25) is 0 Å². The third-order valence-corrected chi connectivity index (χ3v) is 5.83. The fourth-order valence-corrected chi connectivity index (χ4v) is 4.73. The fourth-order valence-electron chi connectivity index (χ4n) is 1.96. The Morgan fingerprint density at radius 1 is 1.53 bits per heavy atom. The lowest BCUT2D eigenvalue weighted by atomic mass is 9.99. The average Bonchev–Trinajstić information content (AvgIpc) is 2.83. The number of hydrogen-bond donors (Lipinski definition) is 1. The van der Waals surface area contributed by atoms with Crippen LogP contribution in [0.15, 0.2) is 12.1 Å². The van der Waals surface area contributed by atoms with Crippen LogP contribution in [0.3, 0.4) is 0 Å². The smallest absolute Gasteiger partial charge is 0.323 e. The van der Waals surface area contributed by atoms with Gasteiger partial charge in [-0.25, -0.2) is 8.42 Å². The summed E-state index contributed by atoms with van der Waals surface area (Å²) >= 11 is 1.02. The topological polar surface area (TPSA) is 103 Å². The molecule has 0 amide bonds. The zero-order chi connectivity index (χ0) is 12.6. The van der Waals surface area contributed by atoms with Gasteiger partial charge < -0.3 is 5.73 Å². The van der Waals surface area contributed by atoms with Crippen molar-refractivity contribution in [1.29, 1.82) is 0 Å². The molecule has 2 rings (SSSR count). The summed E-state index contributed by atoms with van der Waals surface area (Å²) in [5.41, 5.74) is 5.96. The second-order valence-electron chi connectivity index (χ2n) is 4.12. The summed E-state index contributed by atoms with van der Waals surface area (Å²) in [7, 11) is -2.97. The lowest BCUT2D eigenvalue weighted by Gasteiger charge is -2.15. The van der Waals surface area contributed by atoms with Crippen LogP contribution in [-0.4, -0.2) is 24.8 Å². The van der Waals surface area contributed by atoms with E-state index in [1.54, 1.807) is 6.07 Å². The van der Waals surface area contributed by atoms with Gasteiger partial charge in [-0.05, 0) is 18.4 Å². The Hall–Kier alpha value is -0.990. The second-order valence-corrected chi connectivity index (χ2v) is 7.44. The molecule has 6 nitrogen and oxygen atoms in total. The summed E-state index contributed by atoms with van der Waals surface area (Å²) in [4.78, 5) is 10.8. The summed E-state index contributed by atoms with van der Waals surface area (Å²) < 4.78 is 22.7. The Kier molecular flexibility index (Phi) is 3.19. The zero-order valence-corrected chi connectivity index (χ0v) is 10.5. The van der Waals surface area contributed by atoms with Crippen LogP contribution in [0.4, 0.5) is 5.00 Å². The molecule has 1 aliphatic rings. The number of rotatable bonds is 3. The SMILES string of the molecule is NC(c1ccc([N+](=O)[O-])s1)C1CCS(=O)(=O)C1. The quantitative estimate of drug-likeness (QED) is 0.657. The maximum atomic E-state index is 11.3. The first-order chi connectivity index (χ1) is 7.89. The van der Waals surface area contributed by atoms with Gasteiger partial charge in [0.15, 0.2) is 9.84 Å². The minimum atomic E-state index is -2.97. The highest BCUT2D eigenvalue weighted by Gasteiger charge is 2.33. The van der Waals surface area contributed by atoms with Crippen molar-refractivity contribution in [3.8, 4) is 0 Å². The van der Waals surface area contributed by atoms with Gasteiger partial charge in [0.05, 0.1) is 16.4 Å². The predicted molar refractivity (Wildman–Crippen MR) is 64.7 cm³/mol. The zero-order valence-electron chi connectivity index (χ0n) is 8.90. The maximum Gasteiger partial charge on any atom is 0.324 e. The summed E-state index contributed by atoms with van der Waals surface area (Å²) in [6, 6.07) is 2.59. The molecule has 1 fully saturated rings. The summed E-state index contributed by atoms with van der Waals surface area (Å²) in [5.74, 6) is 0.122. The molecule has 17 heavy (non-hydrogen) atoms. The van der Waals surface area contributed by atoms with Crippen molar-refractivity contribution in [2.45, 2.75) is 12.5 Å². The van der Waals surface area contributed by atoms with Crippen molar-refractivity contribution in [3.63, 3.8) is 0 Å². The Bertz CT molecular complexity index is 537. The molecule has 1 aromatic heterocycles. The monoisotopic (exact) mass is 276 g/mol. The van der Waals surface area contributed by atoms with Crippen molar-refractivity contribution < 1.29 is 13.3 Å². The first kappa shape index (κ1) is 12.5. The van der Waals surface area contributed by atoms with Crippen LogP contribution in [0, 0.1) is 16.0 Å². The molecule has 2 heterocycles. The summed E-state index contributed by atoms with van der Waals surface area (Å²) in [6.45, 7) is 0. The van der Waals surface area contributed by atoms with E-state index in [2.05, 4.69) is 0 Å². The molecule has 1 saturated heterocycles. The van der Waals surface area contributed by atoms with Crippen LogP contribution >= 0.6 is 11.3 Å². The van der Waals surface area contributed by atoms with Crippen molar-refractivity contribution in [3.05, 3.63) is 27.1 Å². The molecule has 2 atom stereocenters. The summed E-state index contributed by atoms with van der Waals surface area (Å²) in [5, 5.41) is 10.6. The molecule has 8 heteroatoms. The van der Waals surface area contributed by atoms with Crippen LogP contribution in [-0.2, 0) is 9.84 Å². The second kappa shape index (κ2) is 4.35. The lowest BCUT2D eigenvalue weighted by Crippen LogP contribution is -2.21. The Labute approximate surface area is 103 Å². The highest BCUT2D eigenvalue weighted by molar-refractivity contribution is 7.91. The molecule has 0 saturated carbocycles. The number of hydrogen-bond acceptors (Lipinski definition) is 6. The van der Waals surface area contributed by atoms with Gasteiger partial charge in [-0.1, -0.05) is 11.3 Å².